The van der Waals surface area contributed by atoms with Crippen LogP contribution in [-0.4, -0.2) is 13.7 Å². The lowest BCUT2D eigenvalue weighted by molar-refractivity contribution is 1.01. The van der Waals surface area contributed by atoms with Gasteiger partial charge in [0.05, 0.1) is 33.1 Å². The fraction of sp³-hybridized carbons (Fsp3) is 0.0182. The summed E-state index contributed by atoms with van der Waals surface area (Å²) in [6, 6.07) is 76.1. The summed E-state index contributed by atoms with van der Waals surface area (Å²) in [7, 11) is 0. The van der Waals surface area contributed by atoms with Gasteiger partial charge in [0.25, 0.3) is 0 Å². The smallest absolute Gasteiger partial charge is 0.0641 e. The summed E-state index contributed by atoms with van der Waals surface area (Å²) in [5.74, 6) is 0.169. The minimum atomic E-state index is 0.169. The number of fused-ring (bicyclic) bond motifs is 13. The third-order valence-electron chi connectivity index (χ3n) is 12.7. The normalized spacial score (nSPS) is 13.7. The van der Waals surface area contributed by atoms with Gasteiger partial charge in [-0.1, -0.05) is 133 Å². The Labute approximate surface area is 334 Å². The summed E-state index contributed by atoms with van der Waals surface area (Å²) in [5, 5.41) is 7.52. The molecule has 9 aromatic carbocycles. The van der Waals surface area contributed by atoms with Crippen LogP contribution in [0.1, 0.15) is 22.6 Å². The molecule has 3 heteroatoms. The monoisotopic (exact) mass is 737 g/mol. The van der Waals surface area contributed by atoms with Crippen molar-refractivity contribution in [1.82, 2.24) is 13.7 Å². The van der Waals surface area contributed by atoms with E-state index >= 15 is 0 Å². The fourth-order valence-electron chi connectivity index (χ4n) is 10.3. The van der Waals surface area contributed by atoms with Crippen LogP contribution in [0.15, 0.2) is 206 Å². The number of hydrogen-bond acceptors (Lipinski definition) is 0. The van der Waals surface area contributed by atoms with Gasteiger partial charge in [0.1, 0.15) is 0 Å². The van der Waals surface area contributed by atoms with Crippen LogP contribution < -0.4 is 0 Å². The van der Waals surface area contributed by atoms with Gasteiger partial charge >= 0.3 is 0 Å². The van der Waals surface area contributed by atoms with E-state index in [9.17, 15) is 0 Å². The first-order valence-electron chi connectivity index (χ1n) is 20.1. The van der Waals surface area contributed by atoms with Crippen LogP contribution in [0.25, 0.3) is 93.6 Å². The Morgan fingerprint density at radius 2 is 0.862 bits per heavy atom. The van der Waals surface area contributed by atoms with Crippen molar-refractivity contribution in [2.24, 2.45) is 0 Å². The van der Waals surface area contributed by atoms with Gasteiger partial charge < -0.3 is 13.7 Å². The highest BCUT2D eigenvalue weighted by Gasteiger charge is 2.31. The van der Waals surface area contributed by atoms with Gasteiger partial charge in [-0.3, -0.25) is 0 Å². The highest BCUT2D eigenvalue weighted by molar-refractivity contribution is 6.26. The fourth-order valence-corrected chi connectivity index (χ4v) is 10.3. The number of nitrogens with zero attached hydrogens (tertiary/aromatic N) is 3. The first-order chi connectivity index (χ1) is 28.8. The maximum Gasteiger partial charge on any atom is 0.0641 e. The van der Waals surface area contributed by atoms with Crippen LogP contribution in [0.3, 0.4) is 0 Å². The van der Waals surface area contributed by atoms with Crippen LogP contribution in [0.2, 0.25) is 0 Å². The van der Waals surface area contributed by atoms with Gasteiger partial charge in [-0.05, 0) is 101 Å². The topological polar surface area (TPSA) is 14.8 Å². The second-order valence-corrected chi connectivity index (χ2v) is 15.7. The van der Waals surface area contributed by atoms with Crippen LogP contribution in [0.4, 0.5) is 0 Å². The van der Waals surface area contributed by atoms with Gasteiger partial charge in [0, 0.05) is 55.3 Å². The molecule has 3 aromatic heterocycles. The molecule has 13 rings (SSSR count). The van der Waals surface area contributed by atoms with E-state index in [2.05, 4.69) is 220 Å². The van der Waals surface area contributed by atoms with E-state index in [1.165, 1.54) is 93.2 Å². The van der Waals surface area contributed by atoms with E-state index in [-0.39, 0.29) is 5.92 Å². The average molecular weight is 738 g/mol. The lowest BCUT2D eigenvalue weighted by Gasteiger charge is -2.15. The summed E-state index contributed by atoms with van der Waals surface area (Å²) in [6.45, 7) is 0. The zero-order valence-electron chi connectivity index (χ0n) is 31.5. The van der Waals surface area contributed by atoms with Crippen molar-refractivity contribution in [2.75, 3.05) is 0 Å². The number of para-hydroxylation sites is 4. The summed E-state index contributed by atoms with van der Waals surface area (Å²) >= 11 is 0. The molecule has 270 valence electrons. The van der Waals surface area contributed by atoms with E-state index in [1.54, 1.807) is 0 Å². The molecular formula is C55H35N3. The molecule has 1 aliphatic rings. The maximum atomic E-state index is 2.51. The lowest BCUT2D eigenvalue weighted by atomic mass is 9.89. The molecule has 0 N–H and O–H groups in total. The Morgan fingerprint density at radius 3 is 1.62 bits per heavy atom. The summed E-state index contributed by atoms with van der Waals surface area (Å²) in [6.07, 6.45) is 0. The van der Waals surface area contributed by atoms with E-state index < -0.39 is 0 Å². The van der Waals surface area contributed by atoms with Crippen molar-refractivity contribution < 1.29 is 0 Å². The number of aromatic nitrogens is 3. The molecule has 0 radical (unpaired) electrons. The van der Waals surface area contributed by atoms with Crippen LogP contribution in [-0.2, 0) is 0 Å². The maximum absolute atomic E-state index is 2.51. The van der Waals surface area contributed by atoms with Gasteiger partial charge in [0.2, 0.25) is 0 Å². The van der Waals surface area contributed by atoms with Crippen LogP contribution in [0.5, 0.6) is 0 Å². The van der Waals surface area contributed by atoms with Crippen molar-refractivity contribution in [1.29, 1.82) is 0 Å². The molecule has 0 amide bonds. The predicted molar refractivity (Wildman–Crippen MR) is 242 cm³/mol. The minimum absolute atomic E-state index is 0.169. The Bertz CT molecular complexity index is 3610. The molecule has 0 fully saturated rings. The van der Waals surface area contributed by atoms with Crippen molar-refractivity contribution in [2.45, 2.75) is 5.92 Å². The standard InChI is InChI=1S/C55H35N3/c1-4-16-35(17-5-1)53-42-25-11-10-22-39(42)44-33-45-41-24-13-14-26-48(41)57(52(45)34-46(44)53)38-28-30-50-47(32-38)54-51(56(50)36-18-6-2-7-19-36)31-29-43-40-23-12-15-27-49(40)58(55(43)54)37-20-8-3-9-21-37/h1-34,53H. The van der Waals surface area contributed by atoms with Crippen LogP contribution >= 0.6 is 0 Å². The molecule has 0 bridgehead atoms. The zero-order chi connectivity index (χ0) is 37.9. The lowest BCUT2D eigenvalue weighted by Crippen LogP contribution is -2.00. The SMILES string of the molecule is c1ccc(C2c3ccccc3-c3cc4c5ccccc5n(-c5ccc6c(c5)c5c(ccc7c8ccccc8n(-c8ccccc8)c75)n6-c5ccccc5)c4cc32)cc1. The van der Waals surface area contributed by atoms with Crippen LogP contribution in [0, 0.1) is 0 Å². The number of rotatable bonds is 4. The summed E-state index contributed by atoms with van der Waals surface area (Å²) < 4.78 is 7.43. The molecule has 0 saturated heterocycles. The van der Waals surface area contributed by atoms with Crippen molar-refractivity contribution in [3.63, 3.8) is 0 Å². The van der Waals surface area contributed by atoms with Crippen molar-refractivity contribution >= 4 is 65.4 Å². The molecule has 0 aliphatic heterocycles. The molecule has 58 heavy (non-hydrogen) atoms. The second-order valence-electron chi connectivity index (χ2n) is 15.7. The van der Waals surface area contributed by atoms with Gasteiger partial charge in [0.15, 0.2) is 0 Å². The Morgan fingerprint density at radius 1 is 0.293 bits per heavy atom. The van der Waals surface area contributed by atoms with Crippen molar-refractivity contribution in [3.8, 4) is 28.2 Å². The Kier molecular flexibility index (Phi) is 6.50. The molecule has 0 spiro atoms. The molecule has 0 saturated carbocycles. The first kappa shape index (κ1) is 31.6. The third-order valence-corrected chi connectivity index (χ3v) is 12.7. The summed E-state index contributed by atoms with van der Waals surface area (Å²) in [4.78, 5) is 0. The van der Waals surface area contributed by atoms with E-state index in [4.69, 9.17) is 0 Å². The Hall–Kier alpha value is -7.62. The molecule has 3 heterocycles. The molecule has 3 nitrogen and oxygen atoms in total. The van der Waals surface area contributed by atoms with Gasteiger partial charge in [-0.15, -0.1) is 0 Å². The molecule has 1 aliphatic carbocycles. The van der Waals surface area contributed by atoms with Gasteiger partial charge in [-0.2, -0.15) is 0 Å². The number of benzene rings is 9. The highest BCUT2D eigenvalue weighted by Crippen LogP contribution is 2.51. The van der Waals surface area contributed by atoms with E-state index in [1.807, 2.05) is 0 Å². The van der Waals surface area contributed by atoms with E-state index in [0.717, 1.165) is 17.1 Å². The average Bonchev–Trinajstić information content (AvgIpc) is 4.01. The quantitative estimate of drug-likeness (QED) is 0.171. The Balaban J connectivity index is 1.16. The minimum Gasteiger partial charge on any atom is -0.309 e. The highest BCUT2D eigenvalue weighted by atomic mass is 15.0. The van der Waals surface area contributed by atoms with Gasteiger partial charge in [-0.25, -0.2) is 0 Å². The second kappa shape index (κ2) is 11.9. The molecular weight excluding hydrogens is 703 g/mol. The number of hydrogen-bond donors (Lipinski definition) is 0. The predicted octanol–water partition coefficient (Wildman–Crippen LogP) is 14.1. The van der Waals surface area contributed by atoms with Crippen molar-refractivity contribution in [3.05, 3.63) is 223 Å². The molecule has 1 unspecified atom stereocenters. The first-order valence-corrected chi connectivity index (χ1v) is 20.1. The molecule has 1 atom stereocenters. The molecule has 12 aromatic rings. The third kappa shape index (κ3) is 4.28. The summed E-state index contributed by atoms with van der Waals surface area (Å²) in [5.41, 5.74) is 17.4. The zero-order valence-corrected chi connectivity index (χ0v) is 31.5. The van der Waals surface area contributed by atoms with E-state index in [0.29, 0.717) is 0 Å². The largest absolute Gasteiger partial charge is 0.309 e.